The number of piperidine rings is 1. The highest BCUT2D eigenvalue weighted by atomic mass is 19.1. The van der Waals surface area contributed by atoms with E-state index in [0.29, 0.717) is 18.0 Å². The van der Waals surface area contributed by atoms with E-state index in [-0.39, 0.29) is 11.3 Å². The van der Waals surface area contributed by atoms with Crippen LogP contribution in [0.1, 0.15) is 55.2 Å². The van der Waals surface area contributed by atoms with Gasteiger partial charge in [-0.15, -0.1) is 0 Å². The van der Waals surface area contributed by atoms with Gasteiger partial charge in [0.05, 0.1) is 0 Å². The number of halogens is 2. The molecule has 0 atom stereocenters. The monoisotopic (exact) mass is 424 g/mol. The van der Waals surface area contributed by atoms with Gasteiger partial charge in [-0.3, -0.25) is 9.69 Å². The Balaban J connectivity index is 1.35. The van der Waals surface area contributed by atoms with Gasteiger partial charge in [0.1, 0.15) is 11.6 Å². The fraction of sp³-hybridized carbons (Fsp3) is 0.500. The third kappa shape index (κ3) is 3.89. The summed E-state index contributed by atoms with van der Waals surface area (Å²) >= 11 is 0. The molecule has 1 aliphatic carbocycles. The highest BCUT2D eigenvalue weighted by Gasteiger charge is 2.47. The van der Waals surface area contributed by atoms with Gasteiger partial charge in [-0.05, 0) is 75.0 Å². The van der Waals surface area contributed by atoms with E-state index < -0.39 is 11.6 Å². The third-order valence-corrected chi connectivity index (χ3v) is 7.59. The molecule has 1 saturated heterocycles. The summed E-state index contributed by atoms with van der Waals surface area (Å²) in [5.41, 5.74) is 4.30. The summed E-state index contributed by atoms with van der Waals surface area (Å²) in [4.78, 5) is 17.7. The average molecular weight is 425 g/mol. The lowest BCUT2D eigenvalue weighted by Gasteiger charge is -2.40. The molecular formula is C26H30F2N2O. The number of hydrogen-bond acceptors (Lipinski definition) is 2. The first-order valence-corrected chi connectivity index (χ1v) is 11.5. The molecule has 3 nitrogen and oxygen atoms in total. The Bertz CT molecular complexity index is 971. The number of amides is 1. The number of carbonyl (C=O) groups excluding carboxylic acids is 1. The molecule has 5 heteroatoms. The van der Waals surface area contributed by atoms with Crippen molar-refractivity contribution >= 4 is 11.6 Å². The van der Waals surface area contributed by atoms with Gasteiger partial charge in [-0.25, -0.2) is 8.78 Å². The van der Waals surface area contributed by atoms with Crippen molar-refractivity contribution < 1.29 is 13.6 Å². The number of benzene rings is 2. The van der Waals surface area contributed by atoms with E-state index in [9.17, 15) is 13.6 Å². The van der Waals surface area contributed by atoms with Gasteiger partial charge in [-0.1, -0.05) is 30.5 Å². The van der Waals surface area contributed by atoms with Gasteiger partial charge in [-0.2, -0.15) is 0 Å². The number of hydrogen-bond donors (Lipinski definition) is 0. The SMILES string of the molecule is Cc1ccc2c(c1)C1(CCN(Cc3cc(F)cc(F)c3)CC1)CN2C(=O)C1CCCC1. The van der Waals surface area contributed by atoms with Crippen molar-refractivity contribution in [2.75, 3.05) is 24.5 Å². The fourth-order valence-electron chi connectivity index (χ4n) is 5.90. The van der Waals surface area contributed by atoms with E-state index in [0.717, 1.165) is 69.9 Å². The van der Waals surface area contributed by atoms with Crippen molar-refractivity contribution in [1.29, 1.82) is 0 Å². The number of rotatable bonds is 3. The van der Waals surface area contributed by atoms with Crippen LogP contribution in [0.15, 0.2) is 36.4 Å². The number of carbonyl (C=O) groups is 1. The van der Waals surface area contributed by atoms with Crippen LogP contribution in [0.25, 0.3) is 0 Å². The van der Waals surface area contributed by atoms with Crippen LogP contribution in [0.5, 0.6) is 0 Å². The van der Waals surface area contributed by atoms with E-state index in [1.165, 1.54) is 23.3 Å². The standard InChI is InChI=1S/C26H30F2N2O/c1-18-6-7-24-23(12-18)26(17-30(24)25(31)20-4-2-3-5-20)8-10-29(11-9-26)16-19-13-21(27)15-22(28)14-19/h6-7,12-15,20H,2-5,8-11,16-17H2,1H3. The Morgan fingerprint density at radius 3 is 2.39 bits per heavy atom. The maximum absolute atomic E-state index is 13.6. The summed E-state index contributed by atoms with van der Waals surface area (Å²) in [6.07, 6.45) is 6.26. The van der Waals surface area contributed by atoms with E-state index in [1.807, 2.05) is 0 Å². The maximum atomic E-state index is 13.6. The minimum absolute atomic E-state index is 0.0146. The van der Waals surface area contributed by atoms with Crippen molar-refractivity contribution in [1.82, 2.24) is 4.90 Å². The molecule has 164 valence electrons. The lowest BCUT2D eigenvalue weighted by atomic mass is 9.74. The zero-order valence-corrected chi connectivity index (χ0v) is 18.2. The van der Waals surface area contributed by atoms with Crippen LogP contribution < -0.4 is 4.90 Å². The normalized spacial score (nSPS) is 21.1. The van der Waals surface area contributed by atoms with Gasteiger partial charge >= 0.3 is 0 Å². The average Bonchev–Trinajstić information content (AvgIpc) is 3.36. The lowest BCUT2D eigenvalue weighted by Crippen LogP contribution is -2.46. The predicted octanol–water partition coefficient (Wildman–Crippen LogP) is 5.34. The van der Waals surface area contributed by atoms with Crippen molar-refractivity contribution in [3.63, 3.8) is 0 Å². The molecule has 2 aromatic carbocycles. The number of likely N-dealkylation sites (tertiary alicyclic amines) is 1. The maximum Gasteiger partial charge on any atom is 0.230 e. The van der Waals surface area contributed by atoms with Crippen LogP contribution in [0, 0.1) is 24.5 Å². The van der Waals surface area contributed by atoms with Gasteiger partial charge in [0.15, 0.2) is 0 Å². The number of fused-ring (bicyclic) bond motifs is 2. The van der Waals surface area contributed by atoms with Crippen molar-refractivity contribution in [2.24, 2.45) is 5.92 Å². The summed E-state index contributed by atoms with van der Waals surface area (Å²) in [7, 11) is 0. The van der Waals surface area contributed by atoms with Gasteiger partial charge in [0, 0.05) is 36.2 Å². The highest BCUT2D eigenvalue weighted by Crippen LogP contribution is 2.48. The fourth-order valence-corrected chi connectivity index (χ4v) is 5.90. The molecule has 0 bridgehead atoms. The van der Waals surface area contributed by atoms with Crippen LogP contribution in [0.4, 0.5) is 14.5 Å². The zero-order chi connectivity index (χ0) is 21.6. The van der Waals surface area contributed by atoms with Crippen LogP contribution in [0.2, 0.25) is 0 Å². The Morgan fingerprint density at radius 1 is 1.03 bits per heavy atom. The first-order chi connectivity index (χ1) is 14.9. The molecule has 0 unspecified atom stereocenters. The van der Waals surface area contributed by atoms with Gasteiger partial charge in [0.2, 0.25) is 5.91 Å². The van der Waals surface area contributed by atoms with Crippen LogP contribution in [-0.4, -0.2) is 30.4 Å². The van der Waals surface area contributed by atoms with E-state index in [4.69, 9.17) is 0 Å². The van der Waals surface area contributed by atoms with Crippen LogP contribution >= 0.6 is 0 Å². The van der Waals surface area contributed by atoms with Crippen molar-refractivity contribution in [2.45, 2.75) is 57.4 Å². The lowest BCUT2D eigenvalue weighted by molar-refractivity contribution is -0.122. The Morgan fingerprint density at radius 2 is 1.71 bits per heavy atom. The summed E-state index contributed by atoms with van der Waals surface area (Å²) in [6, 6.07) is 10.3. The molecule has 3 aliphatic rings. The van der Waals surface area contributed by atoms with E-state index in [2.05, 4.69) is 34.9 Å². The second-order valence-electron chi connectivity index (χ2n) is 9.76. The summed E-state index contributed by atoms with van der Waals surface area (Å²) in [5.74, 6) is -0.570. The highest BCUT2D eigenvalue weighted by molar-refractivity contribution is 5.98. The second-order valence-corrected chi connectivity index (χ2v) is 9.76. The smallest absolute Gasteiger partial charge is 0.230 e. The Kier molecular flexibility index (Phi) is 5.33. The molecule has 2 aromatic rings. The van der Waals surface area contributed by atoms with Crippen molar-refractivity contribution in [3.8, 4) is 0 Å². The third-order valence-electron chi connectivity index (χ3n) is 7.59. The first kappa shape index (κ1) is 20.6. The molecule has 0 N–H and O–H groups in total. The molecule has 2 fully saturated rings. The van der Waals surface area contributed by atoms with Crippen LogP contribution in [0.3, 0.4) is 0 Å². The first-order valence-electron chi connectivity index (χ1n) is 11.5. The Labute approximate surface area is 183 Å². The largest absolute Gasteiger partial charge is 0.311 e. The predicted molar refractivity (Wildman–Crippen MR) is 118 cm³/mol. The van der Waals surface area contributed by atoms with E-state index >= 15 is 0 Å². The molecule has 1 saturated carbocycles. The number of anilines is 1. The minimum Gasteiger partial charge on any atom is -0.311 e. The molecule has 2 heterocycles. The molecule has 1 spiro atoms. The molecule has 31 heavy (non-hydrogen) atoms. The quantitative estimate of drug-likeness (QED) is 0.664. The van der Waals surface area contributed by atoms with Crippen LogP contribution in [-0.2, 0) is 16.8 Å². The second kappa shape index (κ2) is 8.01. The summed E-state index contributed by atoms with van der Waals surface area (Å²) < 4.78 is 27.2. The summed E-state index contributed by atoms with van der Waals surface area (Å²) in [5, 5.41) is 0. The minimum atomic E-state index is -0.523. The molecule has 2 aliphatic heterocycles. The van der Waals surface area contributed by atoms with Gasteiger partial charge < -0.3 is 4.90 Å². The topological polar surface area (TPSA) is 23.6 Å². The molecule has 5 rings (SSSR count). The molecular weight excluding hydrogens is 394 g/mol. The molecule has 1 amide bonds. The zero-order valence-electron chi connectivity index (χ0n) is 18.2. The Hall–Kier alpha value is -2.27. The molecule has 0 radical (unpaired) electrons. The van der Waals surface area contributed by atoms with Gasteiger partial charge in [0.25, 0.3) is 0 Å². The van der Waals surface area contributed by atoms with Crippen molar-refractivity contribution in [3.05, 3.63) is 64.7 Å². The molecule has 0 aromatic heterocycles. The summed E-state index contributed by atoms with van der Waals surface area (Å²) in [6.45, 7) is 5.15. The number of nitrogens with zero attached hydrogens (tertiary/aromatic N) is 2. The van der Waals surface area contributed by atoms with E-state index in [1.54, 1.807) is 0 Å². The number of aryl methyl sites for hydroxylation is 1.